The lowest BCUT2D eigenvalue weighted by Crippen LogP contribution is -2.24. The van der Waals surface area contributed by atoms with E-state index < -0.39 is 0 Å². The third-order valence-corrected chi connectivity index (χ3v) is 5.89. The molecule has 0 fully saturated rings. The molecule has 0 aliphatic rings. The Morgan fingerprint density at radius 2 is 1.36 bits per heavy atom. The topological polar surface area (TPSA) is 44.1 Å². The van der Waals surface area contributed by atoms with Crippen LogP contribution in [0.5, 0.6) is 5.75 Å². The summed E-state index contributed by atoms with van der Waals surface area (Å²) in [7, 11) is 1.66. The van der Waals surface area contributed by atoms with Gasteiger partial charge in [0.25, 0.3) is 5.56 Å². The number of hydrogen-bond acceptors (Lipinski definition) is 3. The Hall–Kier alpha value is -4.18. The number of rotatable bonds is 6. The minimum absolute atomic E-state index is 0.0174. The van der Waals surface area contributed by atoms with Gasteiger partial charge in [-0.05, 0) is 47.4 Å². The summed E-state index contributed by atoms with van der Waals surface area (Å²) in [6, 6.07) is 34.0. The second-order valence-electron chi connectivity index (χ2n) is 7.95. The number of fused-ring (bicyclic) bond motifs is 1. The lowest BCUT2D eigenvalue weighted by molar-refractivity contribution is 0.414. The van der Waals surface area contributed by atoms with Gasteiger partial charge in [0, 0.05) is 12.1 Å². The van der Waals surface area contributed by atoms with Gasteiger partial charge >= 0.3 is 0 Å². The van der Waals surface area contributed by atoms with E-state index in [9.17, 15) is 4.79 Å². The molecule has 0 unspecified atom stereocenters. The van der Waals surface area contributed by atoms with E-state index in [0.29, 0.717) is 23.3 Å². The Bertz CT molecular complexity index is 1440. The number of aryl methyl sites for hydroxylation is 1. The Morgan fingerprint density at radius 3 is 2.09 bits per heavy atom. The van der Waals surface area contributed by atoms with Gasteiger partial charge in [-0.15, -0.1) is 0 Å². The van der Waals surface area contributed by atoms with Gasteiger partial charge in [0.1, 0.15) is 11.6 Å². The van der Waals surface area contributed by atoms with Crippen molar-refractivity contribution in [3.8, 4) is 28.3 Å². The van der Waals surface area contributed by atoms with E-state index in [2.05, 4.69) is 24.3 Å². The van der Waals surface area contributed by atoms with Crippen molar-refractivity contribution in [2.24, 2.45) is 0 Å². The smallest absolute Gasteiger partial charge is 0.261 e. The molecule has 4 heteroatoms. The highest BCUT2D eigenvalue weighted by atomic mass is 16.5. The fourth-order valence-electron chi connectivity index (χ4n) is 4.07. The number of aromatic nitrogens is 2. The number of para-hydroxylation sites is 1. The molecule has 0 aliphatic heterocycles. The van der Waals surface area contributed by atoms with Crippen molar-refractivity contribution in [2.75, 3.05) is 7.11 Å². The van der Waals surface area contributed by atoms with Crippen LogP contribution in [-0.2, 0) is 13.0 Å². The number of nitrogens with zero attached hydrogens (tertiary/aromatic N) is 2. The van der Waals surface area contributed by atoms with Crippen molar-refractivity contribution in [1.82, 2.24) is 9.55 Å². The Kier molecular flexibility index (Phi) is 5.73. The van der Waals surface area contributed by atoms with Crippen LogP contribution in [0.15, 0.2) is 108 Å². The summed E-state index contributed by atoms with van der Waals surface area (Å²) in [5.41, 5.74) is 5.05. The standard InChI is InChI=1S/C29H24N2O2/c1-33-25-17-11-21(12-18-25)19-20-31-28(30-27-10-6-5-9-26(27)29(31)32)24-15-13-23(14-16-24)22-7-3-2-4-8-22/h2-18H,19-20H2,1H3. The highest BCUT2D eigenvalue weighted by molar-refractivity contribution is 5.80. The number of benzene rings is 4. The quantitative estimate of drug-likeness (QED) is 0.331. The van der Waals surface area contributed by atoms with Crippen LogP contribution < -0.4 is 10.3 Å². The first-order valence-electron chi connectivity index (χ1n) is 11.0. The fraction of sp³-hybridized carbons (Fsp3) is 0.103. The molecule has 0 atom stereocenters. The molecule has 1 aromatic heterocycles. The van der Waals surface area contributed by atoms with Crippen LogP contribution in [0, 0.1) is 0 Å². The summed E-state index contributed by atoms with van der Waals surface area (Å²) < 4.78 is 7.05. The van der Waals surface area contributed by atoms with Crippen molar-refractivity contribution in [3.05, 3.63) is 119 Å². The molecule has 0 saturated heterocycles. The molecule has 0 spiro atoms. The molecule has 4 nitrogen and oxygen atoms in total. The second-order valence-corrected chi connectivity index (χ2v) is 7.95. The fourth-order valence-corrected chi connectivity index (χ4v) is 4.07. The average Bonchev–Trinajstić information content (AvgIpc) is 2.89. The highest BCUT2D eigenvalue weighted by Crippen LogP contribution is 2.25. The van der Waals surface area contributed by atoms with Gasteiger partial charge in [0.05, 0.1) is 18.0 Å². The maximum absolute atomic E-state index is 13.4. The number of methoxy groups -OCH3 is 1. The molecule has 0 aliphatic carbocycles. The van der Waals surface area contributed by atoms with E-state index in [1.807, 2.05) is 78.9 Å². The van der Waals surface area contributed by atoms with Gasteiger partial charge < -0.3 is 4.74 Å². The van der Waals surface area contributed by atoms with Gasteiger partial charge in [-0.3, -0.25) is 9.36 Å². The lowest BCUT2D eigenvalue weighted by Gasteiger charge is -2.14. The van der Waals surface area contributed by atoms with Crippen molar-refractivity contribution in [1.29, 1.82) is 0 Å². The molecule has 162 valence electrons. The first-order chi connectivity index (χ1) is 16.2. The first kappa shape index (κ1) is 20.7. The van der Waals surface area contributed by atoms with Crippen molar-refractivity contribution >= 4 is 10.9 Å². The number of hydrogen-bond donors (Lipinski definition) is 0. The molecule has 0 saturated carbocycles. The minimum atomic E-state index is -0.0174. The highest BCUT2D eigenvalue weighted by Gasteiger charge is 2.13. The van der Waals surface area contributed by atoms with E-state index in [-0.39, 0.29) is 5.56 Å². The minimum Gasteiger partial charge on any atom is -0.497 e. The van der Waals surface area contributed by atoms with E-state index >= 15 is 0 Å². The predicted octanol–water partition coefficient (Wildman–Crippen LogP) is 5.98. The number of ether oxygens (including phenoxy) is 1. The third-order valence-electron chi connectivity index (χ3n) is 5.89. The van der Waals surface area contributed by atoms with Gasteiger partial charge in [0.15, 0.2) is 0 Å². The van der Waals surface area contributed by atoms with Crippen LogP contribution in [0.4, 0.5) is 0 Å². The van der Waals surface area contributed by atoms with E-state index in [1.54, 1.807) is 11.7 Å². The zero-order valence-corrected chi connectivity index (χ0v) is 18.4. The van der Waals surface area contributed by atoms with Crippen LogP contribution in [0.3, 0.4) is 0 Å². The summed E-state index contributed by atoms with van der Waals surface area (Å²) in [6.45, 7) is 0.540. The third kappa shape index (κ3) is 4.28. The van der Waals surface area contributed by atoms with Crippen LogP contribution in [0.25, 0.3) is 33.4 Å². The molecule has 5 rings (SSSR count). The van der Waals surface area contributed by atoms with Crippen molar-refractivity contribution in [2.45, 2.75) is 13.0 Å². The van der Waals surface area contributed by atoms with Crippen molar-refractivity contribution < 1.29 is 4.74 Å². The second kappa shape index (κ2) is 9.13. The zero-order valence-electron chi connectivity index (χ0n) is 18.4. The molecular weight excluding hydrogens is 408 g/mol. The Morgan fingerprint density at radius 1 is 0.727 bits per heavy atom. The van der Waals surface area contributed by atoms with Crippen LogP contribution >= 0.6 is 0 Å². The summed E-state index contributed by atoms with van der Waals surface area (Å²) in [6.07, 6.45) is 0.721. The summed E-state index contributed by atoms with van der Waals surface area (Å²) in [5.74, 6) is 1.51. The molecule has 1 heterocycles. The van der Waals surface area contributed by atoms with Gasteiger partial charge in [0.2, 0.25) is 0 Å². The summed E-state index contributed by atoms with van der Waals surface area (Å²) in [5, 5.41) is 0.636. The van der Waals surface area contributed by atoms with Crippen molar-refractivity contribution in [3.63, 3.8) is 0 Å². The zero-order chi connectivity index (χ0) is 22.6. The van der Waals surface area contributed by atoms with E-state index in [0.717, 1.165) is 34.4 Å². The van der Waals surface area contributed by atoms with E-state index in [1.165, 1.54) is 0 Å². The normalized spacial score (nSPS) is 10.9. The summed E-state index contributed by atoms with van der Waals surface area (Å²) in [4.78, 5) is 18.3. The van der Waals surface area contributed by atoms with Gasteiger partial charge in [-0.25, -0.2) is 4.98 Å². The van der Waals surface area contributed by atoms with Crippen LogP contribution in [0.1, 0.15) is 5.56 Å². The van der Waals surface area contributed by atoms with Gasteiger partial charge in [-0.1, -0.05) is 78.9 Å². The monoisotopic (exact) mass is 432 g/mol. The van der Waals surface area contributed by atoms with E-state index in [4.69, 9.17) is 9.72 Å². The molecule has 33 heavy (non-hydrogen) atoms. The average molecular weight is 433 g/mol. The molecule has 0 N–H and O–H groups in total. The first-order valence-corrected chi connectivity index (χ1v) is 11.0. The van der Waals surface area contributed by atoms with Crippen LogP contribution in [0.2, 0.25) is 0 Å². The van der Waals surface area contributed by atoms with Crippen LogP contribution in [-0.4, -0.2) is 16.7 Å². The molecule has 0 amide bonds. The maximum atomic E-state index is 13.4. The molecule has 5 aromatic rings. The SMILES string of the molecule is COc1ccc(CCn2c(-c3ccc(-c4ccccc4)cc3)nc3ccccc3c2=O)cc1. The maximum Gasteiger partial charge on any atom is 0.261 e. The molecule has 0 radical (unpaired) electrons. The molecule has 4 aromatic carbocycles. The Balaban J connectivity index is 1.54. The molecular formula is C29H24N2O2. The largest absolute Gasteiger partial charge is 0.497 e. The predicted molar refractivity (Wildman–Crippen MR) is 134 cm³/mol. The lowest BCUT2D eigenvalue weighted by atomic mass is 10.0. The molecule has 0 bridgehead atoms. The van der Waals surface area contributed by atoms with Gasteiger partial charge in [-0.2, -0.15) is 0 Å². The Labute approximate surface area is 192 Å². The summed E-state index contributed by atoms with van der Waals surface area (Å²) >= 11 is 0.